The molecule has 5 nitrogen and oxygen atoms in total. The average molecular weight is 315 g/mol. The number of aliphatic hydroxyl groups excluding tert-OH is 1. The molecule has 2 rings (SSSR count). The lowest BCUT2D eigenvalue weighted by Crippen LogP contribution is -1.97. The molecule has 7 heteroatoms. The first-order chi connectivity index (χ1) is 8.08. The molecule has 1 N–H and O–H groups in total. The second kappa shape index (κ2) is 5.16. The van der Waals surface area contributed by atoms with E-state index < -0.39 is 6.10 Å². The lowest BCUT2D eigenvalue weighted by Gasteiger charge is -2.11. The van der Waals surface area contributed by atoms with Crippen molar-refractivity contribution in [2.75, 3.05) is 0 Å². The number of benzene rings is 1. The fraction of sp³-hybridized carbons (Fsp3) is 0.300. The molecule has 1 atom stereocenters. The molecule has 1 heterocycles. The Bertz CT molecular complexity index is 529. The maximum absolute atomic E-state index is 9.73. The van der Waals surface area contributed by atoms with Crippen molar-refractivity contribution in [3.8, 4) is 0 Å². The number of aliphatic hydroxyl groups is 1. The van der Waals surface area contributed by atoms with Crippen LogP contribution in [0.15, 0.2) is 32.7 Å². The standard InChI is InChI=1S/C10H11BrN4OS/c1-6(16)8-5-7(11)3-4-9(8)17-10-12-13-14-15(10)2/h3-6,16H,1-2H3. The van der Waals surface area contributed by atoms with E-state index in [1.54, 1.807) is 18.7 Å². The Morgan fingerprint density at radius 2 is 2.24 bits per heavy atom. The van der Waals surface area contributed by atoms with Crippen LogP contribution < -0.4 is 0 Å². The summed E-state index contributed by atoms with van der Waals surface area (Å²) in [4.78, 5) is 0.945. The Morgan fingerprint density at radius 3 is 2.82 bits per heavy atom. The Morgan fingerprint density at radius 1 is 1.47 bits per heavy atom. The van der Waals surface area contributed by atoms with Gasteiger partial charge in [-0.15, -0.1) is 5.10 Å². The Balaban J connectivity index is 2.36. The van der Waals surface area contributed by atoms with Crippen molar-refractivity contribution >= 4 is 27.7 Å². The van der Waals surface area contributed by atoms with E-state index in [-0.39, 0.29) is 0 Å². The lowest BCUT2D eigenvalue weighted by atomic mass is 10.1. The Labute approximate surface area is 111 Å². The van der Waals surface area contributed by atoms with Gasteiger partial charge in [-0.1, -0.05) is 15.9 Å². The molecule has 17 heavy (non-hydrogen) atoms. The first-order valence-corrected chi connectivity index (χ1v) is 6.56. The molecule has 0 aliphatic rings. The van der Waals surface area contributed by atoms with Gasteiger partial charge in [-0.3, -0.25) is 0 Å². The van der Waals surface area contributed by atoms with Gasteiger partial charge in [-0.25, -0.2) is 4.68 Å². The third kappa shape index (κ3) is 2.85. The van der Waals surface area contributed by atoms with Crippen LogP contribution in [0.25, 0.3) is 0 Å². The highest BCUT2D eigenvalue weighted by molar-refractivity contribution is 9.10. The summed E-state index contributed by atoms with van der Waals surface area (Å²) in [5.41, 5.74) is 0.854. The van der Waals surface area contributed by atoms with Gasteiger partial charge in [0.15, 0.2) is 0 Å². The molecule has 0 aliphatic heterocycles. The second-order valence-corrected chi connectivity index (χ2v) is 5.47. The monoisotopic (exact) mass is 314 g/mol. The summed E-state index contributed by atoms with van der Waals surface area (Å²) in [5, 5.41) is 21.7. The van der Waals surface area contributed by atoms with Crippen LogP contribution in [0.5, 0.6) is 0 Å². The van der Waals surface area contributed by atoms with Crippen LogP contribution in [-0.4, -0.2) is 25.3 Å². The molecule has 1 aromatic heterocycles. The number of aromatic nitrogens is 4. The van der Waals surface area contributed by atoms with Gasteiger partial charge in [0, 0.05) is 16.4 Å². The smallest absolute Gasteiger partial charge is 0.213 e. The van der Waals surface area contributed by atoms with Crippen molar-refractivity contribution in [1.29, 1.82) is 0 Å². The van der Waals surface area contributed by atoms with Gasteiger partial charge in [0.25, 0.3) is 0 Å². The van der Waals surface area contributed by atoms with Crippen LogP contribution in [0, 0.1) is 0 Å². The van der Waals surface area contributed by atoms with E-state index in [0.29, 0.717) is 5.16 Å². The topological polar surface area (TPSA) is 63.8 Å². The minimum atomic E-state index is -0.531. The van der Waals surface area contributed by atoms with Crippen LogP contribution >= 0.6 is 27.7 Å². The zero-order valence-electron chi connectivity index (χ0n) is 9.33. The van der Waals surface area contributed by atoms with Gasteiger partial charge in [0.1, 0.15) is 0 Å². The van der Waals surface area contributed by atoms with E-state index in [1.807, 2.05) is 18.2 Å². The molecule has 0 radical (unpaired) electrons. The van der Waals surface area contributed by atoms with Crippen molar-refractivity contribution in [1.82, 2.24) is 20.2 Å². The van der Waals surface area contributed by atoms with Crippen LogP contribution in [-0.2, 0) is 7.05 Å². The zero-order valence-corrected chi connectivity index (χ0v) is 11.7. The molecule has 1 aromatic carbocycles. The van der Waals surface area contributed by atoms with Crippen LogP contribution in [0.4, 0.5) is 0 Å². The molecule has 0 spiro atoms. The van der Waals surface area contributed by atoms with E-state index in [0.717, 1.165) is 14.9 Å². The van der Waals surface area contributed by atoms with Crippen LogP contribution in [0.3, 0.4) is 0 Å². The van der Waals surface area contributed by atoms with Gasteiger partial charge in [0.05, 0.1) is 6.10 Å². The first-order valence-electron chi connectivity index (χ1n) is 4.95. The summed E-state index contributed by atoms with van der Waals surface area (Å²) in [5.74, 6) is 0. The summed E-state index contributed by atoms with van der Waals surface area (Å²) in [6.45, 7) is 1.74. The molecular weight excluding hydrogens is 304 g/mol. The molecule has 2 aromatic rings. The highest BCUT2D eigenvalue weighted by Gasteiger charge is 2.12. The van der Waals surface area contributed by atoms with Crippen molar-refractivity contribution in [2.45, 2.75) is 23.1 Å². The van der Waals surface area contributed by atoms with Crippen molar-refractivity contribution in [3.63, 3.8) is 0 Å². The van der Waals surface area contributed by atoms with Gasteiger partial charge in [-0.05, 0) is 52.9 Å². The summed E-state index contributed by atoms with van der Waals surface area (Å²) in [6.07, 6.45) is -0.531. The average Bonchev–Trinajstić information content (AvgIpc) is 2.67. The zero-order chi connectivity index (χ0) is 12.4. The normalized spacial score (nSPS) is 12.7. The summed E-state index contributed by atoms with van der Waals surface area (Å²) < 4.78 is 2.53. The minimum absolute atomic E-state index is 0.531. The number of aryl methyl sites for hydroxylation is 1. The molecule has 0 fully saturated rings. The molecule has 0 amide bonds. The molecular formula is C10H11BrN4OS. The maximum atomic E-state index is 9.73. The number of hydrogen-bond donors (Lipinski definition) is 1. The van der Waals surface area contributed by atoms with Gasteiger partial charge < -0.3 is 5.11 Å². The van der Waals surface area contributed by atoms with Crippen LogP contribution in [0.1, 0.15) is 18.6 Å². The highest BCUT2D eigenvalue weighted by atomic mass is 79.9. The van der Waals surface area contributed by atoms with Crippen molar-refractivity contribution in [2.24, 2.45) is 7.05 Å². The first kappa shape index (κ1) is 12.5. The van der Waals surface area contributed by atoms with E-state index in [9.17, 15) is 5.11 Å². The van der Waals surface area contributed by atoms with E-state index >= 15 is 0 Å². The van der Waals surface area contributed by atoms with Gasteiger partial charge in [0.2, 0.25) is 5.16 Å². The number of tetrazole rings is 1. The molecule has 0 saturated carbocycles. The quantitative estimate of drug-likeness (QED) is 0.940. The number of halogens is 1. The Hall–Kier alpha value is -0.920. The number of hydrogen-bond acceptors (Lipinski definition) is 5. The fourth-order valence-electron chi connectivity index (χ4n) is 1.34. The molecule has 0 aliphatic carbocycles. The highest BCUT2D eigenvalue weighted by Crippen LogP contribution is 2.33. The van der Waals surface area contributed by atoms with Crippen LogP contribution in [0.2, 0.25) is 0 Å². The summed E-state index contributed by atoms with van der Waals surface area (Å²) in [7, 11) is 1.78. The summed E-state index contributed by atoms with van der Waals surface area (Å²) >= 11 is 4.82. The predicted molar refractivity (Wildman–Crippen MR) is 67.7 cm³/mol. The Kier molecular flexibility index (Phi) is 3.80. The molecule has 0 saturated heterocycles. The third-order valence-electron chi connectivity index (χ3n) is 2.20. The minimum Gasteiger partial charge on any atom is -0.389 e. The molecule has 90 valence electrons. The van der Waals surface area contributed by atoms with E-state index in [2.05, 4.69) is 31.5 Å². The second-order valence-electron chi connectivity index (χ2n) is 3.55. The van der Waals surface area contributed by atoms with E-state index in [1.165, 1.54) is 11.8 Å². The van der Waals surface area contributed by atoms with Gasteiger partial charge >= 0.3 is 0 Å². The maximum Gasteiger partial charge on any atom is 0.213 e. The van der Waals surface area contributed by atoms with Gasteiger partial charge in [-0.2, -0.15) is 0 Å². The fourth-order valence-corrected chi connectivity index (χ4v) is 2.65. The van der Waals surface area contributed by atoms with Crippen molar-refractivity contribution in [3.05, 3.63) is 28.2 Å². The number of nitrogens with zero attached hydrogens (tertiary/aromatic N) is 4. The summed E-state index contributed by atoms with van der Waals surface area (Å²) in [6, 6.07) is 5.76. The third-order valence-corrected chi connectivity index (χ3v) is 3.82. The van der Waals surface area contributed by atoms with Crippen molar-refractivity contribution < 1.29 is 5.11 Å². The van der Waals surface area contributed by atoms with E-state index in [4.69, 9.17) is 0 Å². The predicted octanol–water partition coefficient (Wildman–Crippen LogP) is 2.18. The largest absolute Gasteiger partial charge is 0.389 e. The molecule has 1 unspecified atom stereocenters. The SMILES string of the molecule is CC(O)c1cc(Br)ccc1Sc1nnnn1C. The molecule has 0 bridgehead atoms. The number of rotatable bonds is 3. The lowest BCUT2D eigenvalue weighted by molar-refractivity contribution is 0.196.